The SMILES string of the molecule is FC(F)(F)c1ccc(C(=S)SCc2ccccc2)cc1. The normalized spacial score (nSPS) is 11.3. The fourth-order valence-electron chi connectivity index (χ4n) is 1.60. The first-order valence-corrected chi connectivity index (χ1v) is 7.24. The van der Waals surface area contributed by atoms with E-state index in [4.69, 9.17) is 12.2 Å². The highest BCUT2D eigenvalue weighted by atomic mass is 32.2. The van der Waals surface area contributed by atoms with Gasteiger partial charge in [-0.3, -0.25) is 0 Å². The van der Waals surface area contributed by atoms with Gasteiger partial charge in [-0.15, -0.1) is 11.8 Å². The van der Waals surface area contributed by atoms with Crippen LogP contribution in [0, 0.1) is 0 Å². The quantitative estimate of drug-likeness (QED) is 0.704. The van der Waals surface area contributed by atoms with Crippen molar-refractivity contribution < 1.29 is 13.2 Å². The van der Waals surface area contributed by atoms with E-state index in [1.54, 1.807) is 0 Å². The van der Waals surface area contributed by atoms with Crippen LogP contribution in [0.2, 0.25) is 0 Å². The summed E-state index contributed by atoms with van der Waals surface area (Å²) in [5.41, 5.74) is 1.12. The Bertz CT molecular complexity index is 574. The summed E-state index contributed by atoms with van der Waals surface area (Å²) in [6, 6.07) is 14.8. The van der Waals surface area contributed by atoms with Crippen LogP contribution in [0.25, 0.3) is 0 Å². The summed E-state index contributed by atoms with van der Waals surface area (Å²) < 4.78 is 38.0. The van der Waals surface area contributed by atoms with Gasteiger partial charge >= 0.3 is 6.18 Å². The monoisotopic (exact) mass is 312 g/mol. The van der Waals surface area contributed by atoms with Crippen molar-refractivity contribution in [1.29, 1.82) is 0 Å². The number of hydrogen-bond donors (Lipinski definition) is 0. The number of halogens is 3. The first-order valence-electron chi connectivity index (χ1n) is 5.85. The molecule has 0 aliphatic rings. The van der Waals surface area contributed by atoms with Gasteiger partial charge in [0.2, 0.25) is 0 Å². The van der Waals surface area contributed by atoms with Gasteiger partial charge < -0.3 is 0 Å². The van der Waals surface area contributed by atoms with Gasteiger partial charge in [0.05, 0.1) is 9.76 Å². The Balaban J connectivity index is 1.99. The van der Waals surface area contributed by atoms with Gasteiger partial charge in [0.25, 0.3) is 0 Å². The maximum absolute atomic E-state index is 12.5. The Labute approximate surface area is 125 Å². The lowest BCUT2D eigenvalue weighted by Gasteiger charge is -2.08. The number of thioether (sulfide) groups is 1. The molecule has 0 unspecified atom stereocenters. The second-order valence-electron chi connectivity index (χ2n) is 4.14. The summed E-state index contributed by atoms with van der Waals surface area (Å²) in [7, 11) is 0. The van der Waals surface area contributed by atoms with E-state index in [0.717, 1.165) is 17.7 Å². The molecule has 2 aromatic carbocycles. The van der Waals surface area contributed by atoms with Crippen LogP contribution < -0.4 is 0 Å². The van der Waals surface area contributed by atoms with Gasteiger partial charge in [-0.2, -0.15) is 13.2 Å². The Morgan fingerprint density at radius 2 is 1.55 bits per heavy atom. The van der Waals surface area contributed by atoms with Crippen molar-refractivity contribution in [1.82, 2.24) is 0 Å². The summed E-state index contributed by atoms with van der Waals surface area (Å²) in [4.78, 5) is 0. The van der Waals surface area contributed by atoms with Gasteiger partial charge in [-0.25, -0.2) is 0 Å². The van der Waals surface area contributed by atoms with E-state index >= 15 is 0 Å². The molecule has 0 aliphatic heterocycles. The third-order valence-electron chi connectivity index (χ3n) is 2.66. The molecule has 0 aliphatic carbocycles. The lowest BCUT2D eigenvalue weighted by Crippen LogP contribution is -2.05. The molecule has 0 radical (unpaired) electrons. The van der Waals surface area contributed by atoms with Crippen molar-refractivity contribution in [3.05, 3.63) is 71.3 Å². The molecule has 0 amide bonds. The topological polar surface area (TPSA) is 0 Å². The van der Waals surface area contributed by atoms with Crippen LogP contribution in [0.4, 0.5) is 13.2 Å². The highest BCUT2D eigenvalue weighted by Crippen LogP contribution is 2.30. The molecular formula is C15H11F3S2. The van der Waals surface area contributed by atoms with Crippen LogP contribution in [0.5, 0.6) is 0 Å². The summed E-state index contributed by atoms with van der Waals surface area (Å²) in [6.07, 6.45) is -4.31. The summed E-state index contributed by atoms with van der Waals surface area (Å²) in [6.45, 7) is 0. The Morgan fingerprint density at radius 3 is 2.10 bits per heavy atom. The molecule has 20 heavy (non-hydrogen) atoms. The maximum atomic E-state index is 12.5. The number of alkyl halides is 3. The van der Waals surface area contributed by atoms with Crippen LogP contribution in [-0.4, -0.2) is 4.20 Å². The van der Waals surface area contributed by atoms with E-state index in [-0.39, 0.29) is 0 Å². The molecule has 2 aromatic rings. The van der Waals surface area contributed by atoms with Crippen LogP contribution in [0.3, 0.4) is 0 Å². The molecular weight excluding hydrogens is 301 g/mol. The van der Waals surface area contributed by atoms with Gasteiger partial charge in [0.15, 0.2) is 0 Å². The summed E-state index contributed by atoms with van der Waals surface area (Å²) >= 11 is 6.68. The smallest absolute Gasteiger partial charge is 0.166 e. The van der Waals surface area contributed by atoms with Gasteiger partial charge in [0.1, 0.15) is 0 Å². The number of rotatable bonds is 3. The fraction of sp³-hybridized carbons (Fsp3) is 0.133. The molecule has 0 atom stereocenters. The van der Waals surface area contributed by atoms with Crippen molar-refractivity contribution in [2.24, 2.45) is 0 Å². The van der Waals surface area contributed by atoms with Gasteiger partial charge in [0, 0.05) is 5.75 Å². The average Bonchev–Trinajstić information content (AvgIpc) is 2.45. The highest BCUT2D eigenvalue weighted by molar-refractivity contribution is 8.23. The van der Waals surface area contributed by atoms with Crippen molar-refractivity contribution in [3.8, 4) is 0 Å². The third-order valence-corrected chi connectivity index (χ3v) is 4.23. The van der Waals surface area contributed by atoms with E-state index in [2.05, 4.69) is 0 Å². The minimum absolute atomic E-state index is 0.600. The number of hydrogen-bond acceptors (Lipinski definition) is 2. The standard InChI is InChI=1S/C15H11F3S2/c16-15(17,18)13-8-6-12(7-9-13)14(19)20-10-11-4-2-1-3-5-11/h1-9H,10H2. The first-order chi connectivity index (χ1) is 9.47. The number of thiocarbonyl (C=S) groups is 1. The molecule has 0 bridgehead atoms. The molecule has 5 heteroatoms. The number of benzene rings is 2. The first kappa shape index (κ1) is 15.1. The average molecular weight is 312 g/mol. The van der Waals surface area contributed by atoms with Crippen molar-refractivity contribution >= 4 is 28.2 Å². The van der Waals surface area contributed by atoms with E-state index < -0.39 is 11.7 Å². The van der Waals surface area contributed by atoms with Crippen molar-refractivity contribution in [2.45, 2.75) is 11.9 Å². The predicted molar refractivity (Wildman–Crippen MR) is 80.9 cm³/mol. The molecule has 0 N–H and O–H groups in total. The van der Waals surface area contributed by atoms with Crippen molar-refractivity contribution in [2.75, 3.05) is 0 Å². The summed E-state index contributed by atoms with van der Waals surface area (Å²) in [5.74, 6) is 0.709. The summed E-state index contributed by atoms with van der Waals surface area (Å²) in [5, 5.41) is 0. The Kier molecular flexibility index (Phi) is 4.83. The largest absolute Gasteiger partial charge is 0.416 e. The highest BCUT2D eigenvalue weighted by Gasteiger charge is 2.30. The lowest BCUT2D eigenvalue weighted by molar-refractivity contribution is -0.137. The predicted octanol–water partition coefficient (Wildman–Crippen LogP) is 5.31. The van der Waals surface area contributed by atoms with E-state index in [1.165, 1.54) is 23.9 Å². The van der Waals surface area contributed by atoms with E-state index in [1.807, 2.05) is 30.3 Å². The van der Waals surface area contributed by atoms with Crippen LogP contribution in [0.15, 0.2) is 54.6 Å². The van der Waals surface area contributed by atoms with Crippen LogP contribution >= 0.6 is 24.0 Å². The lowest BCUT2D eigenvalue weighted by atomic mass is 10.1. The second kappa shape index (κ2) is 6.41. The fourth-order valence-corrected chi connectivity index (χ4v) is 2.71. The Morgan fingerprint density at radius 1 is 0.950 bits per heavy atom. The molecule has 2 rings (SSSR count). The molecule has 0 aromatic heterocycles. The minimum Gasteiger partial charge on any atom is -0.166 e. The van der Waals surface area contributed by atoms with E-state index in [9.17, 15) is 13.2 Å². The molecule has 0 heterocycles. The molecule has 0 saturated heterocycles. The Hall–Kier alpha value is -1.33. The van der Waals surface area contributed by atoms with E-state index in [0.29, 0.717) is 15.5 Å². The van der Waals surface area contributed by atoms with Crippen LogP contribution in [-0.2, 0) is 11.9 Å². The minimum atomic E-state index is -4.31. The molecule has 0 saturated carbocycles. The van der Waals surface area contributed by atoms with Crippen LogP contribution in [0.1, 0.15) is 16.7 Å². The van der Waals surface area contributed by atoms with Gasteiger partial charge in [-0.1, -0.05) is 54.7 Å². The zero-order chi connectivity index (χ0) is 14.6. The molecule has 0 spiro atoms. The zero-order valence-electron chi connectivity index (χ0n) is 10.4. The molecule has 0 nitrogen and oxygen atoms in total. The molecule has 0 fully saturated rings. The maximum Gasteiger partial charge on any atom is 0.416 e. The van der Waals surface area contributed by atoms with Gasteiger partial charge in [-0.05, 0) is 23.3 Å². The molecule has 104 valence electrons. The van der Waals surface area contributed by atoms with Crippen molar-refractivity contribution in [3.63, 3.8) is 0 Å². The third kappa shape index (κ3) is 4.08. The zero-order valence-corrected chi connectivity index (χ0v) is 12.0. The second-order valence-corrected chi connectivity index (χ2v) is 5.79.